The summed E-state index contributed by atoms with van der Waals surface area (Å²) in [6.07, 6.45) is 2.67. The predicted molar refractivity (Wildman–Crippen MR) is 68.4 cm³/mol. The molecule has 0 saturated heterocycles. The molecular weight excluding hydrogens is 238 g/mol. The molecule has 0 aromatic carbocycles. The SMILES string of the molecule is CN(CCOCC1CC1)c1ccc(CCl)nn1. The van der Waals surface area contributed by atoms with Gasteiger partial charge in [0.2, 0.25) is 0 Å². The number of alkyl halides is 1. The van der Waals surface area contributed by atoms with Gasteiger partial charge in [-0.25, -0.2) is 0 Å². The first kappa shape index (κ1) is 12.6. The van der Waals surface area contributed by atoms with Gasteiger partial charge < -0.3 is 9.64 Å². The summed E-state index contributed by atoms with van der Waals surface area (Å²) in [6.45, 7) is 2.48. The van der Waals surface area contributed by atoms with Crippen molar-refractivity contribution in [1.29, 1.82) is 0 Å². The molecular formula is C12H18ClN3O. The quantitative estimate of drug-likeness (QED) is 0.552. The highest BCUT2D eigenvalue weighted by Crippen LogP contribution is 2.28. The summed E-state index contributed by atoms with van der Waals surface area (Å²) in [4.78, 5) is 2.04. The first-order valence-electron chi connectivity index (χ1n) is 5.97. The number of anilines is 1. The second kappa shape index (κ2) is 6.17. The van der Waals surface area contributed by atoms with Crippen molar-refractivity contribution in [3.8, 4) is 0 Å². The van der Waals surface area contributed by atoms with E-state index in [4.69, 9.17) is 16.3 Å². The highest BCUT2D eigenvalue weighted by Gasteiger charge is 2.20. The van der Waals surface area contributed by atoms with E-state index in [9.17, 15) is 0 Å². The van der Waals surface area contributed by atoms with E-state index in [1.165, 1.54) is 12.8 Å². The summed E-state index contributed by atoms with van der Waals surface area (Å²) >= 11 is 5.66. The molecule has 1 aromatic rings. The van der Waals surface area contributed by atoms with E-state index in [1.54, 1.807) is 0 Å². The number of hydrogen-bond donors (Lipinski definition) is 0. The van der Waals surface area contributed by atoms with Crippen molar-refractivity contribution in [2.24, 2.45) is 5.92 Å². The van der Waals surface area contributed by atoms with E-state index in [0.29, 0.717) is 5.88 Å². The van der Waals surface area contributed by atoms with Crippen molar-refractivity contribution in [1.82, 2.24) is 10.2 Å². The van der Waals surface area contributed by atoms with E-state index in [-0.39, 0.29) is 0 Å². The summed E-state index contributed by atoms with van der Waals surface area (Å²) in [7, 11) is 1.99. The van der Waals surface area contributed by atoms with Crippen LogP contribution in [-0.2, 0) is 10.6 Å². The molecule has 1 aliphatic carbocycles. The number of likely N-dealkylation sites (N-methyl/N-ethyl adjacent to an activating group) is 1. The minimum absolute atomic E-state index is 0.404. The maximum Gasteiger partial charge on any atom is 0.151 e. The van der Waals surface area contributed by atoms with Gasteiger partial charge in [0.25, 0.3) is 0 Å². The molecule has 0 aliphatic heterocycles. The first-order valence-corrected chi connectivity index (χ1v) is 6.50. The molecule has 1 saturated carbocycles. The maximum absolute atomic E-state index is 5.66. The molecule has 0 N–H and O–H groups in total. The Hall–Kier alpha value is -0.870. The highest BCUT2D eigenvalue weighted by atomic mass is 35.5. The third-order valence-electron chi connectivity index (χ3n) is 2.86. The molecule has 0 radical (unpaired) electrons. The van der Waals surface area contributed by atoms with Crippen molar-refractivity contribution in [3.63, 3.8) is 0 Å². The molecule has 2 rings (SSSR count). The summed E-state index contributed by atoms with van der Waals surface area (Å²) in [5.41, 5.74) is 0.800. The number of halogens is 1. The molecule has 17 heavy (non-hydrogen) atoms. The number of aromatic nitrogens is 2. The number of ether oxygens (including phenoxy) is 1. The van der Waals surface area contributed by atoms with E-state index in [1.807, 2.05) is 24.1 Å². The Morgan fingerprint density at radius 1 is 1.41 bits per heavy atom. The molecule has 5 heteroatoms. The fraction of sp³-hybridized carbons (Fsp3) is 0.667. The van der Waals surface area contributed by atoms with Gasteiger partial charge in [0.1, 0.15) is 0 Å². The largest absolute Gasteiger partial charge is 0.379 e. The highest BCUT2D eigenvalue weighted by molar-refractivity contribution is 6.16. The van der Waals surface area contributed by atoms with Gasteiger partial charge >= 0.3 is 0 Å². The lowest BCUT2D eigenvalue weighted by molar-refractivity contribution is 0.130. The molecule has 1 aliphatic rings. The number of rotatable bonds is 7. The van der Waals surface area contributed by atoms with E-state index in [0.717, 1.165) is 37.2 Å². The minimum Gasteiger partial charge on any atom is -0.379 e. The Kier molecular flexibility index (Phi) is 4.57. The second-order valence-electron chi connectivity index (χ2n) is 4.46. The fourth-order valence-corrected chi connectivity index (χ4v) is 1.62. The van der Waals surface area contributed by atoms with Crippen molar-refractivity contribution in [3.05, 3.63) is 17.8 Å². The zero-order valence-corrected chi connectivity index (χ0v) is 10.9. The average molecular weight is 256 g/mol. The lowest BCUT2D eigenvalue weighted by atomic mass is 10.4. The minimum atomic E-state index is 0.404. The Bertz CT molecular complexity index is 340. The van der Waals surface area contributed by atoms with E-state index >= 15 is 0 Å². The molecule has 0 spiro atoms. The van der Waals surface area contributed by atoms with Crippen molar-refractivity contribution in [2.75, 3.05) is 31.7 Å². The van der Waals surface area contributed by atoms with Crippen LogP contribution in [-0.4, -0.2) is 37.0 Å². The van der Waals surface area contributed by atoms with Crippen LogP contribution in [0.15, 0.2) is 12.1 Å². The Morgan fingerprint density at radius 2 is 2.24 bits per heavy atom. The zero-order chi connectivity index (χ0) is 12.1. The molecule has 0 amide bonds. The van der Waals surface area contributed by atoms with E-state index in [2.05, 4.69) is 10.2 Å². The van der Waals surface area contributed by atoms with Gasteiger partial charge in [0.15, 0.2) is 5.82 Å². The van der Waals surface area contributed by atoms with Crippen LogP contribution in [0.1, 0.15) is 18.5 Å². The molecule has 1 fully saturated rings. The van der Waals surface area contributed by atoms with Crippen LogP contribution in [0.5, 0.6) is 0 Å². The fourth-order valence-electron chi connectivity index (χ4n) is 1.48. The van der Waals surface area contributed by atoms with Gasteiger partial charge in [-0.2, -0.15) is 5.10 Å². The van der Waals surface area contributed by atoms with Crippen LogP contribution in [0.2, 0.25) is 0 Å². The monoisotopic (exact) mass is 255 g/mol. The van der Waals surface area contributed by atoms with Gasteiger partial charge in [-0.1, -0.05) is 0 Å². The van der Waals surface area contributed by atoms with Crippen LogP contribution in [0.3, 0.4) is 0 Å². The van der Waals surface area contributed by atoms with Crippen LogP contribution < -0.4 is 4.90 Å². The Morgan fingerprint density at radius 3 is 2.82 bits per heavy atom. The molecule has 0 unspecified atom stereocenters. The van der Waals surface area contributed by atoms with Crippen molar-refractivity contribution in [2.45, 2.75) is 18.7 Å². The normalized spacial score (nSPS) is 14.9. The van der Waals surface area contributed by atoms with Gasteiger partial charge in [0, 0.05) is 20.2 Å². The number of hydrogen-bond acceptors (Lipinski definition) is 4. The number of nitrogens with zero attached hydrogens (tertiary/aromatic N) is 3. The topological polar surface area (TPSA) is 38.2 Å². The lowest BCUT2D eigenvalue weighted by Gasteiger charge is -2.17. The van der Waals surface area contributed by atoms with Gasteiger partial charge in [-0.15, -0.1) is 16.7 Å². The van der Waals surface area contributed by atoms with Gasteiger partial charge in [0.05, 0.1) is 18.2 Å². The van der Waals surface area contributed by atoms with Gasteiger partial charge in [-0.3, -0.25) is 0 Å². The molecule has 4 nitrogen and oxygen atoms in total. The second-order valence-corrected chi connectivity index (χ2v) is 4.72. The van der Waals surface area contributed by atoms with Crippen LogP contribution in [0.25, 0.3) is 0 Å². The third-order valence-corrected chi connectivity index (χ3v) is 3.13. The van der Waals surface area contributed by atoms with Gasteiger partial charge in [-0.05, 0) is 30.9 Å². The molecule has 1 aromatic heterocycles. The third kappa shape index (κ3) is 4.13. The molecule has 0 atom stereocenters. The van der Waals surface area contributed by atoms with Crippen molar-refractivity contribution >= 4 is 17.4 Å². The van der Waals surface area contributed by atoms with Crippen molar-refractivity contribution < 1.29 is 4.74 Å². The maximum atomic E-state index is 5.66. The zero-order valence-electron chi connectivity index (χ0n) is 10.1. The predicted octanol–water partition coefficient (Wildman–Crippen LogP) is 2.08. The van der Waals surface area contributed by atoms with Crippen LogP contribution in [0, 0.1) is 5.92 Å². The molecule has 1 heterocycles. The van der Waals surface area contributed by atoms with E-state index < -0.39 is 0 Å². The smallest absolute Gasteiger partial charge is 0.151 e. The summed E-state index contributed by atoms with van der Waals surface area (Å²) < 4.78 is 5.58. The Labute approximate surface area is 107 Å². The van der Waals surface area contributed by atoms with Crippen LogP contribution in [0.4, 0.5) is 5.82 Å². The van der Waals surface area contributed by atoms with Crippen LogP contribution >= 0.6 is 11.6 Å². The molecule has 0 bridgehead atoms. The average Bonchev–Trinajstić information content (AvgIpc) is 3.18. The Balaban J connectivity index is 1.71. The first-order chi connectivity index (χ1) is 8.29. The summed E-state index contributed by atoms with van der Waals surface area (Å²) in [5.74, 6) is 2.08. The lowest BCUT2D eigenvalue weighted by Crippen LogP contribution is -2.24. The summed E-state index contributed by atoms with van der Waals surface area (Å²) in [6, 6.07) is 3.84. The molecule has 94 valence electrons. The summed E-state index contributed by atoms with van der Waals surface area (Å²) in [5, 5.41) is 8.13. The standard InChI is InChI=1S/C12H18ClN3O/c1-16(6-7-17-9-10-2-3-10)12-5-4-11(8-13)14-15-12/h4-5,10H,2-3,6-9H2,1H3.